The zero-order chi connectivity index (χ0) is 19.6. The standard InChI is InChI=1S/C18H18F3N3O3/c1-11-8-12(2-3-16(11)24(25)26)15-9-13(23-17(15)18(19,20)21)10-27-14-4-6-22-7-5-14/h2-8,13,15,17,23H,9-10H2,1H3. The second-order valence-electron chi connectivity index (χ2n) is 6.52. The van der Waals surface area contributed by atoms with Crippen LogP contribution in [-0.4, -0.2) is 34.8 Å². The van der Waals surface area contributed by atoms with Crippen molar-refractivity contribution in [3.05, 3.63) is 64.0 Å². The van der Waals surface area contributed by atoms with Gasteiger partial charge in [-0.2, -0.15) is 13.2 Å². The number of nitro benzene ring substituents is 1. The maximum atomic E-state index is 13.5. The highest BCUT2D eigenvalue weighted by atomic mass is 19.4. The molecule has 1 aliphatic rings. The Bertz CT molecular complexity index is 814. The molecule has 3 rings (SSSR count). The molecule has 1 aromatic carbocycles. The highest BCUT2D eigenvalue weighted by Gasteiger charge is 2.50. The number of halogens is 3. The first kappa shape index (κ1) is 19.1. The number of ether oxygens (including phenoxy) is 1. The zero-order valence-electron chi connectivity index (χ0n) is 14.4. The monoisotopic (exact) mass is 381 g/mol. The van der Waals surface area contributed by atoms with Crippen LogP contribution in [0.1, 0.15) is 23.5 Å². The van der Waals surface area contributed by atoms with E-state index in [4.69, 9.17) is 4.74 Å². The first-order chi connectivity index (χ1) is 12.8. The number of alkyl halides is 3. The predicted molar refractivity (Wildman–Crippen MR) is 91.7 cm³/mol. The van der Waals surface area contributed by atoms with Gasteiger partial charge in [0.05, 0.1) is 4.92 Å². The molecule has 3 atom stereocenters. The van der Waals surface area contributed by atoms with Gasteiger partial charge in [0.2, 0.25) is 0 Å². The third kappa shape index (κ3) is 4.36. The Labute approximate surface area is 153 Å². The molecule has 0 radical (unpaired) electrons. The van der Waals surface area contributed by atoms with E-state index in [1.165, 1.54) is 25.1 Å². The van der Waals surface area contributed by atoms with Gasteiger partial charge in [0.25, 0.3) is 5.69 Å². The van der Waals surface area contributed by atoms with E-state index in [2.05, 4.69) is 10.3 Å². The number of rotatable bonds is 5. The molecule has 9 heteroatoms. The molecule has 2 aromatic rings. The average Bonchev–Trinajstić information content (AvgIpc) is 3.05. The Morgan fingerprint density at radius 3 is 2.59 bits per heavy atom. The lowest BCUT2D eigenvalue weighted by molar-refractivity contribution is -0.385. The summed E-state index contributed by atoms with van der Waals surface area (Å²) in [7, 11) is 0. The third-order valence-corrected chi connectivity index (χ3v) is 4.66. The lowest BCUT2D eigenvalue weighted by Crippen LogP contribution is -2.44. The van der Waals surface area contributed by atoms with E-state index in [9.17, 15) is 23.3 Å². The van der Waals surface area contributed by atoms with Gasteiger partial charge in [-0.05, 0) is 37.1 Å². The molecule has 0 spiro atoms. The maximum Gasteiger partial charge on any atom is 0.404 e. The highest BCUT2D eigenvalue weighted by Crippen LogP contribution is 2.40. The van der Waals surface area contributed by atoms with Crippen molar-refractivity contribution in [1.29, 1.82) is 0 Å². The average molecular weight is 381 g/mol. The van der Waals surface area contributed by atoms with Gasteiger partial charge in [0.15, 0.2) is 0 Å². The van der Waals surface area contributed by atoms with Crippen molar-refractivity contribution in [1.82, 2.24) is 10.3 Å². The van der Waals surface area contributed by atoms with Crippen LogP contribution in [0.15, 0.2) is 42.7 Å². The number of aromatic nitrogens is 1. The van der Waals surface area contributed by atoms with E-state index in [1.807, 2.05) is 0 Å². The number of hydrogen-bond acceptors (Lipinski definition) is 5. The van der Waals surface area contributed by atoms with Crippen molar-refractivity contribution < 1.29 is 22.8 Å². The van der Waals surface area contributed by atoms with Crippen molar-refractivity contribution in [3.63, 3.8) is 0 Å². The smallest absolute Gasteiger partial charge is 0.404 e. The van der Waals surface area contributed by atoms with Crippen LogP contribution in [0.2, 0.25) is 0 Å². The topological polar surface area (TPSA) is 77.3 Å². The van der Waals surface area contributed by atoms with Crippen molar-refractivity contribution in [2.75, 3.05) is 6.61 Å². The summed E-state index contributed by atoms with van der Waals surface area (Å²) in [6.45, 7) is 1.61. The number of nitrogens with one attached hydrogen (secondary N) is 1. The highest BCUT2D eigenvalue weighted by molar-refractivity contribution is 5.43. The van der Waals surface area contributed by atoms with Crippen LogP contribution in [0.3, 0.4) is 0 Å². The van der Waals surface area contributed by atoms with Gasteiger partial charge < -0.3 is 4.74 Å². The fourth-order valence-corrected chi connectivity index (χ4v) is 3.39. The molecule has 2 heterocycles. The number of benzene rings is 1. The normalized spacial score (nSPS) is 22.6. The van der Waals surface area contributed by atoms with E-state index in [0.717, 1.165) is 0 Å². The SMILES string of the molecule is Cc1cc(C2CC(COc3ccncc3)NC2C(F)(F)F)ccc1[N+](=O)[O-]. The molecule has 0 bridgehead atoms. The molecule has 1 N–H and O–H groups in total. The van der Waals surface area contributed by atoms with Crippen LogP contribution in [-0.2, 0) is 0 Å². The van der Waals surface area contributed by atoms with E-state index in [0.29, 0.717) is 16.9 Å². The minimum absolute atomic E-state index is 0.0824. The predicted octanol–water partition coefficient (Wildman–Crippen LogP) is 3.75. The minimum atomic E-state index is -4.44. The van der Waals surface area contributed by atoms with Gasteiger partial charge in [0.1, 0.15) is 18.4 Å². The molecule has 3 unspecified atom stereocenters. The summed E-state index contributed by atoms with van der Waals surface area (Å²) in [5.41, 5.74) is 0.667. The van der Waals surface area contributed by atoms with Gasteiger partial charge in [0, 0.05) is 36.0 Å². The number of pyridine rings is 1. The molecule has 27 heavy (non-hydrogen) atoms. The Kier molecular flexibility index (Phi) is 5.31. The first-order valence-corrected chi connectivity index (χ1v) is 8.36. The van der Waals surface area contributed by atoms with Crippen molar-refractivity contribution in [2.24, 2.45) is 0 Å². The summed E-state index contributed by atoms with van der Waals surface area (Å²) in [5.74, 6) is -0.305. The summed E-state index contributed by atoms with van der Waals surface area (Å²) in [6.07, 6.45) is -1.14. The van der Waals surface area contributed by atoms with Crippen molar-refractivity contribution in [3.8, 4) is 5.75 Å². The molecule has 6 nitrogen and oxygen atoms in total. The quantitative estimate of drug-likeness (QED) is 0.630. The van der Waals surface area contributed by atoms with E-state index in [-0.39, 0.29) is 18.7 Å². The van der Waals surface area contributed by atoms with Gasteiger partial charge in [-0.3, -0.25) is 20.4 Å². The molecule has 0 aliphatic carbocycles. The molecule has 0 saturated carbocycles. The molecule has 144 valence electrons. The van der Waals surface area contributed by atoms with Crippen LogP contribution in [0, 0.1) is 17.0 Å². The summed E-state index contributed by atoms with van der Waals surface area (Å²) in [6, 6.07) is 5.17. The lowest BCUT2D eigenvalue weighted by Gasteiger charge is -2.23. The fraction of sp³-hybridized carbons (Fsp3) is 0.389. The van der Waals surface area contributed by atoms with E-state index < -0.39 is 29.1 Å². The van der Waals surface area contributed by atoms with Gasteiger partial charge >= 0.3 is 6.18 Å². The minimum Gasteiger partial charge on any atom is -0.492 e. The molecular weight excluding hydrogens is 363 g/mol. The Hall–Kier alpha value is -2.68. The molecule has 0 amide bonds. The van der Waals surface area contributed by atoms with Crippen molar-refractivity contribution in [2.45, 2.75) is 37.5 Å². The largest absolute Gasteiger partial charge is 0.492 e. The molecule has 1 fully saturated rings. The Morgan fingerprint density at radius 1 is 1.30 bits per heavy atom. The zero-order valence-corrected chi connectivity index (χ0v) is 14.4. The summed E-state index contributed by atoms with van der Waals surface area (Å²) in [5, 5.41) is 13.5. The fourth-order valence-electron chi connectivity index (χ4n) is 3.39. The van der Waals surface area contributed by atoms with E-state index >= 15 is 0 Å². The number of aryl methyl sites for hydroxylation is 1. The van der Waals surface area contributed by atoms with Gasteiger partial charge in [-0.15, -0.1) is 0 Å². The Morgan fingerprint density at radius 2 is 2.00 bits per heavy atom. The summed E-state index contributed by atoms with van der Waals surface area (Å²) >= 11 is 0. The van der Waals surface area contributed by atoms with Crippen LogP contribution >= 0.6 is 0 Å². The number of nitrogens with zero attached hydrogens (tertiary/aromatic N) is 2. The van der Waals surface area contributed by atoms with Crippen LogP contribution < -0.4 is 10.1 Å². The molecule has 1 aromatic heterocycles. The summed E-state index contributed by atoms with van der Waals surface area (Å²) < 4.78 is 46.1. The van der Waals surface area contributed by atoms with E-state index in [1.54, 1.807) is 24.5 Å². The third-order valence-electron chi connectivity index (χ3n) is 4.66. The second-order valence-corrected chi connectivity index (χ2v) is 6.52. The molecule has 1 saturated heterocycles. The van der Waals surface area contributed by atoms with Gasteiger partial charge in [-0.25, -0.2) is 0 Å². The molecule has 1 aliphatic heterocycles. The second kappa shape index (κ2) is 7.51. The van der Waals surface area contributed by atoms with Crippen LogP contribution in [0.25, 0.3) is 0 Å². The Balaban J connectivity index is 1.78. The number of hydrogen-bond donors (Lipinski definition) is 1. The maximum absolute atomic E-state index is 13.5. The van der Waals surface area contributed by atoms with Crippen molar-refractivity contribution >= 4 is 5.69 Å². The van der Waals surface area contributed by atoms with Gasteiger partial charge in [-0.1, -0.05) is 6.07 Å². The summed E-state index contributed by atoms with van der Waals surface area (Å²) in [4.78, 5) is 14.3. The lowest BCUT2D eigenvalue weighted by atomic mass is 9.89. The number of nitro groups is 1. The molecular formula is C18H18F3N3O3. The van der Waals surface area contributed by atoms with Crippen LogP contribution in [0.5, 0.6) is 5.75 Å². The van der Waals surface area contributed by atoms with Crippen LogP contribution in [0.4, 0.5) is 18.9 Å². The first-order valence-electron chi connectivity index (χ1n) is 8.36.